The number of amides is 1. The molecule has 0 bridgehead atoms. The molecule has 15 heteroatoms. The van der Waals surface area contributed by atoms with Crippen LogP contribution in [-0.2, 0) is 21.2 Å². The summed E-state index contributed by atoms with van der Waals surface area (Å²) in [5.74, 6) is -2.51. The van der Waals surface area contributed by atoms with E-state index in [2.05, 4.69) is 15.5 Å². The van der Waals surface area contributed by atoms with Crippen LogP contribution in [0.1, 0.15) is 29.1 Å². The highest BCUT2D eigenvalue weighted by Gasteiger charge is 2.38. The molecule has 0 aliphatic carbocycles. The number of nitrogens with one attached hydrogen (secondary N) is 2. The molecule has 3 N–H and O–H groups in total. The molecular formula is C19H19F3N4O6S2. The van der Waals surface area contributed by atoms with Crippen LogP contribution in [0.2, 0.25) is 0 Å². The van der Waals surface area contributed by atoms with Crippen LogP contribution in [0.15, 0.2) is 39.2 Å². The number of hydrogen-bond acceptors (Lipinski definition) is 9. The van der Waals surface area contributed by atoms with Gasteiger partial charge >= 0.3 is 12.1 Å². The molecule has 1 amide bonds. The maximum Gasteiger partial charge on any atom is 0.490 e. The molecule has 0 atom stereocenters. The number of carbonyl (C=O) groups excluding carboxylic acids is 1. The van der Waals surface area contributed by atoms with Gasteiger partial charge in [-0.25, -0.2) is 17.9 Å². The number of halogens is 3. The zero-order chi connectivity index (χ0) is 24.9. The summed E-state index contributed by atoms with van der Waals surface area (Å²) >= 11 is 1.38. The number of hydrogen-bond donors (Lipinski definition) is 3. The maximum atomic E-state index is 12.5. The van der Waals surface area contributed by atoms with Crippen molar-refractivity contribution < 1.29 is 40.8 Å². The first-order valence-electron chi connectivity index (χ1n) is 9.82. The number of sulfonamides is 1. The van der Waals surface area contributed by atoms with Gasteiger partial charge < -0.3 is 14.9 Å². The second-order valence-electron chi connectivity index (χ2n) is 7.29. The standard InChI is InChI=1S/C17H18N4O4S2.C2HF3O2/c22-17(15-8-12(25-20-15)7-11-1-4-18-5-2-11)21-27(23,24)13-9-16-14(19-10-13)3-6-26-16;3-2(4,5)1(6)7/h3,6,8-11,18H,1-2,4-5,7H2,(H,21,22);(H,6,7). The topological polar surface area (TPSA) is 151 Å². The second-order valence-corrected chi connectivity index (χ2v) is 9.92. The second kappa shape index (κ2) is 10.5. The van der Waals surface area contributed by atoms with Crippen molar-refractivity contribution in [2.75, 3.05) is 13.1 Å². The number of aromatic nitrogens is 2. The molecule has 3 aromatic heterocycles. The Morgan fingerprint density at radius 3 is 2.59 bits per heavy atom. The number of nitrogens with zero attached hydrogens (tertiary/aromatic N) is 2. The molecule has 3 aromatic rings. The van der Waals surface area contributed by atoms with E-state index in [4.69, 9.17) is 14.4 Å². The number of aliphatic carboxylic acids is 1. The van der Waals surface area contributed by atoms with Crippen molar-refractivity contribution in [3.8, 4) is 0 Å². The van der Waals surface area contributed by atoms with Crippen molar-refractivity contribution in [3.63, 3.8) is 0 Å². The lowest BCUT2D eigenvalue weighted by atomic mass is 9.93. The number of carboxylic acid groups (broad SMARTS) is 1. The monoisotopic (exact) mass is 520 g/mol. The molecule has 10 nitrogen and oxygen atoms in total. The molecule has 0 spiro atoms. The van der Waals surface area contributed by atoms with E-state index >= 15 is 0 Å². The van der Waals surface area contributed by atoms with E-state index in [-0.39, 0.29) is 10.6 Å². The summed E-state index contributed by atoms with van der Waals surface area (Å²) in [5, 5.41) is 16.0. The molecule has 1 aliphatic rings. The third-order valence-electron chi connectivity index (χ3n) is 4.80. The Labute approximate surface area is 195 Å². The van der Waals surface area contributed by atoms with Gasteiger partial charge in [-0.3, -0.25) is 9.78 Å². The van der Waals surface area contributed by atoms with Gasteiger partial charge in [0.25, 0.3) is 15.9 Å². The molecule has 0 saturated carbocycles. The first-order chi connectivity index (χ1) is 16.0. The molecule has 34 heavy (non-hydrogen) atoms. The molecule has 4 heterocycles. The smallest absolute Gasteiger partial charge is 0.475 e. The summed E-state index contributed by atoms with van der Waals surface area (Å²) in [6.45, 7) is 1.93. The summed E-state index contributed by atoms with van der Waals surface area (Å²) in [7, 11) is -4.04. The predicted octanol–water partition coefficient (Wildman–Crippen LogP) is 2.58. The van der Waals surface area contributed by atoms with Crippen LogP contribution in [0, 0.1) is 5.92 Å². The number of thiophene rings is 1. The van der Waals surface area contributed by atoms with Gasteiger partial charge in [-0.1, -0.05) is 5.16 Å². The number of fused-ring (bicyclic) bond motifs is 1. The number of carbonyl (C=O) groups is 2. The molecule has 1 fully saturated rings. The van der Waals surface area contributed by atoms with Gasteiger partial charge in [0.2, 0.25) is 0 Å². The van der Waals surface area contributed by atoms with Gasteiger partial charge in [0.05, 0.1) is 10.2 Å². The van der Waals surface area contributed by atoms with Gasteiger partial charge in [0.15, 0.2) is 5.69 Å². The minimum atomic E-state index is -5.08. The Balaban J connectivity index is 0.000000406. The molecule has 0 aromatic carbocycles. The highest BCUT2D eigenvalue weighted by atomic mass is 32.2. The molecule has 0 radical (unpaired) electrons. The van der Waals surface area contributed by atoms with Crippen molar-refractivity contribution >= 4 is 43.5 Å². The summed E-state index contributed by atoms with van der Waals surface area (Å²) in [6.07, 6.45) is -1.09. The van der Waals surface area contributed by atoms with Gasteiger partial charge in [-0.15, -0.1) is 11.3 Å². The molecule has 0 unspecified atom stereocenters. The summed E-state index contributed by atoms with van der Waals surface area (Å²) in [6, 6.07) is 4.80. The number of alkyl halides is 3. The zero-order valence-corrected chi connectivity index (χ0v) is 19.0. The Hall–Kier alpha value is -3.04. The summed E-state index contributed by atoms with van der Waals surface area (Å²) in [5.41, 5.74) is 0.664. The molecule has 184 valence electrons. The van der Waals surface area contributed by atoms with Gasteiger partial charge in [0, 0.05) is 18.7 Å². The zero-order valence-electron chi connectivity index (χ0n) is 17.3. The summed E-state index contributed by atoms with van der Waals surface area (Å²) in [4.78, 5) is 25.2. The van der Waals surface area contributed by atoms with Crippen LogP contribution in [0.4, 0.5) is 13.2 Å². The fourth-order valence-electron chi connectivity index (χ4n) is 3.10. The lowest BCUT2D eigenvalue weighted by Gasteiger charge is -2.21. The summed E-state index contributed by atoms with van der Waals surface area (Å²) < 4.78 is 64.7. The third-order valence-corrected chi connectivity index (χ3v) is 6.95. The fourth-order valence-corrected chi connectivity index (χ4v) is 4.88. The number of pyridine rings is 1. The lowest BCUT2D eigenvalue weighted by Crippen LogP contribution is -2.30. The van der Waals surface area contributed by atoms with E-state index in [1.165, 1.54) is 29.7 Å². The van der Waals surface area contributed by atoms with Crippen molar-refractivity contribution in [1.29, 1.82) is 0 Å². The molecule has 1 saturated heterocycles. The van der Waals surface area contributed by atoms with E-state index in [0.717, 1.165) is 30.6 Å². The minimum Gasteiger partial charge on any atom is -0.475 e. The van der Waals surface area contributed by atoms with Crippen molar-refractivity contribution in [3.05, 3.63) is 41.2 Å². The Morgan fingerprint density at radius 2 is 1.94 bits per heavy atom. The van der Waals surface area contributed by atoms with Gasteiger partial charge in [-0.2, -0.15) is 13.2 Å². The lowest BCUT2D eigenvalue weighted by molar-refractivity contribution is -0.192. The van der Waals surface area contributed by atoms with Crippen molar-refractivity contribution in [2.24, 2.45) is 5.92 Å². The van der Waals surface area contributed by atoms with E-state index in [0.29, 0.717) is 23.6 Å². The van der Waals surface area contributed by atoms with Crippen molar-refractivity contribution in [2.45, 2.75) is 30.3 Å². The van der Waals surface area contributed by atoms with Crippen LogP contribution < -0.4 is 10.0 Å². The average molecular weight is 521 g/mol. The van der Waals surface area contributed by atoms with Crippen LogP contribution in [0.3, 0.4) is 0 Å². The number of piperidine rings is 1. The highest BCUT2D eigenvalue weighted by molar-refractivity contribution is 7.90. The van der Waals surface area contributed by atoms with E-state index in [1.54, 1.807) is 6.07 Å². The number of rotatable bonds is 5. The Kier molecular flexibility index (Phi) is 7.89. The largest absolute Gasteiger partial charge is 0.490 e. The fraction of sp³-hybridized carbons (Fsp3) is 0.368. The highest BCUT2D eigenvalue weighted by Crippen LogP contribution is 2.22. The predicted molar refractivity (Wildman–Crippen MR) is 114 cm³/mol. The minimum absolute atomic E-state index is 0.0485. The first kappa shape index (κ1) is 25.6. The molecule has 4 rings (SSSR count). The quantitative estimate of drug-likeness (QED) is 0.461. The molecular weight excluding hydrogens is 501 g/mol. The maximum absolute atomic E-state index is 12.5. The van der Waals surface area contributed by atoms with Crippen LogP contribution >= 0.6 is 11.3 Å². The average Bonchev–Trinajstić information content (AvgIpc) is 3.43. The Morgan fingerprint density at radius 1 is 1.26 bits per heavy atom. The third kappa shape index (κ3) is 6.74. The van der Waals surface area contributed by atoms with Crippen LogP contribution in [0.5, 0.6) is 0 Å². The SMILES string of the molecule is O=C(NS(=O)(=O)c1cnc2ccsc2c1)c1cc(CC2CCNCC2)on1.O=C(O)C(F)(F)F. The van der Waals surface area contributed by atoms with Crippen LogP contribution in [0.25, 0.3) is 10.2 Å². The normalized spacial score (nSPS) is 14.9. The van der Waals surface area contributed by atoms with Crippen LogP contribution in [-0.4, -0.2) is 54.8 Å². The van der Waals surface area contributed by atoms with E-state index in [9.17, 15) is 26.4 Å². The first-order valence-corrected chi connectivity index (χ1v) is 12.2. The molecule has 1 aliphatic heterocycles. The van der Waals surface area contributed by atoms with Gasteiger partial charge in [-0.05, 0) is 49.4 Å². The van der Waals surface area contributed by atoms with Gasteiger partial charge in [0.1, 0.15) is 10.7 Å². The van der Waals surface area contributed by atoms with E-state index in [1.807, 2.05) is 10.1 Å². The van der Waals surface area contributed by atoms with Crippen molar-refractivity contribution in [1.82, 2.24) is 20.2 Å². The Bertz CT molecular complexity index is 1270. The van der Waals surface area contributed by atoms with E-state index < -0.39 is 28.1 Å². The number of carboxylic acids is 1.